The minimum atomic E-state index is -0.217. The van der Waals surface area contributed by atoms with E-state index in [9.17, 15) is 4.39 Å². The van der Waals surface area contributed by atoms with Crippen LogP contribution in [0.2, 0.25) is 0 Å². The van der Waals surface area contributed by atoms with Crippen molar-refractivity contribution in [1.29, 1.82) is 0 Å². The predicted molar refractivity (Wildman–Crippen MR) is 81.4 cm³/mol. The van der Waals surface area contributed by atoms with Gasteiger partial charge in [0.15, 0.2) is 0 Å². The summed E-state index contributed by atoms with van der Waals surface area (Å²) in [7, 11) is 0. The number of hydrogen-bond donors (Lipinski definition) is 2. The van der Waals surface area contributed by atoms with E-state index >= 15 is 0 Å². The summed E-state index contributed by atoms with van der Waals surface area (Å²) in [5.74, 6) is -0.217. The van der Waals surface area contributed by atoms with Gasteiger partial charge in [-0.05, 0) is 37.4 Å². The van der Waals surface area contributed by atoms with Crippen LogP contribution in [0.25, 0.3) is 21.6 Å². The number of aromatic amines is 1. The molecule has 0 aliphatic heterocycles. The Balaban J connectivity index is 2.12. The van der Waals surface area contributed by atoms with Gasteiger partial charge in [0.1, 0.15) is 10.8 Å². The van der Waals surface area contributed by atoms with Gasteiger partial charge < -0.3 is 10.7 Å². The van der Waals surface area contributed by atoms with Crippen molar-refractivity contribution in [2.75, 3.05) is 6.54 Å². The van der Waals surface area contributed by atoms with Crippen LogP contribution in [0.5, 0.6) is 0 Å². The maximum atomic E-state index is 13.9. The molecular formula is C15H16FN3S. The summed E-state index contributed by atoms with van der Waals surface area (Å²) in [5, 5.41) is 3.79. The fraction of sp³-hybridized carbons (Fsp3) is 0.267. The summed E-state index contributed by atoms with van der Waals surface area (Å²) >= 11 is 1.56. The lowest BCUT2D eigenvalue weighted by atomic mass is 10.0. The zero-order chi connectivity index (χ0) is 13.9. The molecule has 0 atom stereocenters. The van der Waals surface area contributed by atoms with E-state index in [1.165, 1.54) is 6.07 Å². The van der Waals surface area contributed by atoms with Crippen LogP contribution in [0.1, 0.15) is 18.4 Å². The lowest BCUT2D eigenvalue weighted by Gasteiger charge is -2.02. The molecular weight excluding hydrogens is 273 g/mol. The first kappa shape index (κ1) is 13.3. The number of para-hydroxylation sites is 1. The minimum Gasteiger partial charge on any atom is -0.350 e. The fourth-order valence-electron chi connectivity index (χ4n) is 2.47. The maximum absolute atomic E-state index is 13.9. The lowest BCUT2D eigenvalue weighted by molar-refractivity contribution is 0.637. The molecule has 3 nitrogen and oxygen atoms in total. The molecule has 2 heterocycles. The van der Waals surface area contributed by atoms with Crippen molar-refractivity contribution in [3.63, 3.8) is 0 Å². The highest BCUT2D eigenvalue weighted by Gasteiger charge is 2.16. The minimum absolute atomic E-state index is 0.217. The maximum Gasteiger partial charge on any atom is 0.147 e. The molecule has 3 N–H and O–H groups in total. The molecule has 0 amide bonds. The Hall–Kier alpha value is -1.72. The Morgan fingerprint density at radius 2 is 2.20 bits per heavy atom. The second-order valence-corrected chi connectivity index (χ2v) is 5.62. The molecule has 0 radical (unpaired) electrons. The number of thiazole rings is 1. The number of nitrogens with one attached hydrogen (secondary N) is 1. The van der Waals surface area contributed by atoms with Gasteiger partial charge in [0.05, 0.1) is 11.2 Å². The molecule has 1 aromatic carbocycles. The summed E-state index contributed by atoms with van der Waals surface area (Å²) in [6.07, 6.45) is 4.62. The average molecular weight is 289 g/mol. The third-order valence-corrected chi connectivity index (χ3v) is 4.21. The normalized spacial score (nSPS) is 11.3. The van der Waals surface area contributed by atoms with Crippen LogP contribution in [0.15, 0.2) is 29.8 Å². The molecule has 0 bridgehead atoms. The molecule has 0 fully saturated rings. The number of aromatic nitrogens is 2. The Morgan fingerprint density at radius 1 is 1.30 bits per heavy atom. The Kier molecular flexibility index (Phi) is 3.80. The van der Waals surface area contributed by atoms with Crippen LogP contribution in [0, 0.1) is 5.82 Å². The van der Waals surface area contributed by atoms with E-state index < -0.39 is 0 Å². The first-order valence-corrected chi connectivity index (χ1v) is 7.58. The molecule has 0 saturated heterocycles. The third-order valence-electron chi connectivity index (χ3n) is 3.42. The number of fused-ring (bicyclic) bond motifs is 1. The molecule has 0 unspecified atom stereocenters. The summed E-state index contributed by atoms with van der Waals surface area (Å²) < 4.78 is 13.9. The van der Waals surface area contributed by atoms with Crippen molar-refractivity contribution in [2.24, 2.45) is 5.73 Å². The molecule has 3 rings (SSSR count). The number of hydrogen-bond acceptors (Lipinski definition) is 3. The van der Waals surface area contributed by atoms with Crippen molar-refractivity contribution >= 4 is 22.2 Å². The number of rotatable bonds is 5. The van der Waals surface area contributed by atoms with E-state index in [1.807, 2.05) is 11.4 Å². The van der Waals surface area contributed by atoms with Gasteiger partial charge in [-0.2, -0.15) is 0 Å². The van der Waals surface area contributed by atoms with E-state index in [1.54, 1.807) is 23.6 Å². The molecule has 104 valence electrons. The Labute approximate surface area is 120 Å². The van der Waals surface area contributed by atoms with E-state index in [4.69, 9.17) is 5.73 Å². The number of halogens is 1. The molecule has 20 heavy (non-hydrogen) atoms. The summed E-state index contributed by atoms with van der Waals surface area (Å²) in [4.78, 5) is 7.54. The Bertz CT molecular complexity index is 703. The molecule has 3 aromatic rings. The molecule has 0 spiro atoms. The zero-order valence-electron chi connectivity index (χ0n) is 11.0. The lowest BCUT2D eigenvalue weighted by Crippen LogP contribution is -1.99. The fourth-order valence-corrected chi connectivity index (χ4v) is 3.14. The first-order chi connectivity index (χ1) is 9.81. The van der Waals surface area contributed by atoms with Crippen LogP contribution in [-0.4, -0.2) is 16.5 Å². The number of aryl methyl sites for hydroxylation is 1. The predicted octanol–water partition coefficient (Wildman–Crippen LogP) is 3.71. The zero-order valence-corrected chi connectivity index (χ0v) is 11.8. The van der Waals surface area contributed by atoms with E-state index in [2.05, 4.69) is 9.97 Å². The number of unbranched alkanes of at least 4 members (excludes halogenated alkanes) is 1. The second-order valence-electron chi connectivity index (χ2n) is 4.72. The first-order valence-electron chi connectivity index (χ1n) is 6.70. The smallest absolute Gasteiger partial charge is 0.147 e. The van der Waals surface area contributed by atoms with E-state index in [0.29, 0.717) is 12.1 Å². The van der Waals surface area contributed by atoms with E-state index in [0.717, 1.165) is 40.9 Å². The van der Waals surface area contributed by atoms with Gasteiger partial charge in [-0.3, -0.25) is 0 Å². The van der Waals surface area contributed by atoms with Crippen molar-refractivity contribution in [3.8, 4) is 10.7 Å². The van der Waals surface area contributed by atoms with Crippen LogP contribution in [0.3, 0.4) is 0 Å². The van der Waals surface area contributed by atoms with Gasteiger partial charge in [-0.25, -0.2) is 9.37 Å². The number of nitrogens with two attached hydrogens (primary N) is 1. The summed E-state index contributed by atoms with van der Waals surface area (Å²) in [6, 6.07) is 5.20. The molecule has 0 saturated carbocycles. The third kappa shape index (κ3) is 2.34. The molecule has 0 aliphatic rings. The van der Waals surface area contributed by atoms with Crippen LogP contribution < -0.4 is 5.73 Å². The number of nitrogens with zero attached hydrogens (tertiary/aromatic N) is 1. The molecule has 5 heteroatoms. The van der Waals surface area contributed by atoms with Gasteiger partial charge in [0.25, 0.3) is 0 Å². The summed E-state index contributed by atoms with van der Waals surface area (Å²) in [6.45, 7) is 0.684. The largest absolute Gasteiger partial charge is 0.350 e. The molecule has 2 aromatic heterocycles. The van der Waals surface area contributed by atoms with Gasteiger partial charge >= 0.3 is 0 Å². The highest BCUT2D eigenvalue weighted by atomic mass is 32.1. The van der Waals surface area contributed by atoms with Crippen molar-refractivity contribution < 1.29 is 4.39 Å². The van der Waals surface area contributed by atoms with Gasteiger partial charge in [0.2, 0.25) is 0 Å². The quantitative estimate of drug-likeness (QED) is 0.703. The van der Waals surface area contributed by atoms with Crippen molar-refractivity contribution in [1.82, 2.24) is 9.97 Å². The second kappa shape index (κ2) is 5.73. The van der Waals surface area contributed by atoms with Gasteiger partial charge in [0, 0.05) is 17.0 Å². The van der Waals surface area contributed by atoms with Gasteiger partial charge in [-0.15, -0.1) is 11.3 Å². The van der Waals surface area contributed by atoms with E-state index in [-0.39, 0.29) is 5.82 Å². The highest BCUT2D eigenvalue weighted by molar-refractivity contribution is 7.13. The van der Waals surface area contributed by atoms with Crippen molar-refractivity contribution in [2.45, 2.75) is 19.3 Å². The standard InChI is InChI=1S/C15H16FN3S/c16-12-6-3-5-10-11(4-1-2-7-17)14(19-13(10)12)15-18-8-9-20-15/h3,5-6,8-9,19H,1-2,4,7,17H2. The van der Waals surface area contributed by atoms with Crippen LogP contribution >= 0.6 is 11.3 Å². The molecule has 0 aliphatic carbocycles. The highest BCUT2D eigenvalue weighted by Crippen LogP contribution is 2.33. The monoisotopic (exact) mass is 289 g/mol. The van der Waals surface area contributed by atoms with Gasteiger partial charge in [-0.1, -0.05) is 12.1 Å². The number of benzene rings is 1. The van der Waals surface area contributed by atoms with Crippen molar-refractivity contribution in [3.05, 3.63) is 41.2 Å². The Morgan fingerprint density at radius 3 is 2.95 bits per heavy atom. The topological polar surface area (TPSA) is 54.7 Å². The number of H-pyrrole nitrogens is 1. The van der Waals surface area contributed by atoms with Crippen LogP contribution in [-0.2, 0) is 6.42 Å². The summed E-state index contributed by atoms with van der Waals surface area (Å²) in [5.41, 5.74) is 8.21. The van der Waals surface area contributed by atoms with Crippen LogP contribution in [0.4, 0.5) is 4.39 Å². The SMILES string of the molecule is NCCCCc1c(-c2nccs2)[nH]c2c(F)cccc12. The average Bonchev–Trinajstić information content (AvgIpc) is 3.07.